The van der Waals surface area contributed by atoms with Crippen molar-refractivity contribution in [1.82, 2.24) is 5.23 Å². The molecule has 186 valence electrons. The minimum absolute atomic E-state index is 0.0108. The molecule has 1 saturated carbocycles. The third-order valence-electron chi connectivity index (χ3n) is 7.84. The molecule has 4 aromatic rings. The quantitative estimate of drug-likeness (QED) is 0.241. The van der Waals surface area contributed by atoms with Crippen molar-refractivity contribution in [2.24, 2.45) is 5.92 Å². The molecule has 1 N–H and O–H groups in total. The molecule has 36 heavy (non-hydrogen) atoms. The van der Waals surface area contributed by atoms with Crippen LogP contribution in [-0.2, 0) is 22.2 Å². The van der Waals surface area contributed by atoms with E-state index in [9.17, 15) is 0 Å². The van der Waals surface area contributed by atoms with E-state index in [0.29, 0.717) is 12.0 Å². The first-order valence-corrected chi connectivity index (χ1v) is 13.6. The summed E-state index contributed by atoms with van der Waals surface area (Å²) >= 11 is 0. The van der Waals surface area contributed by atoms with Gasteiger partial charge in [0.05, 0.1) is 6.10 Å². The zero-order chi connectivity index (χ0) is 24.7. The predicted molar refractivity (Wildman–Crippen MR) is 152 cm³/mol. The van der Waals surface area contributed by atoms with Gasteiger partial charge < -0.3 is 14.5 Å². The molecule has 0 amide bonds. The predicted octanol–water partition coefficient (Wildman–Crippen LogP) is 7.35. The van der Waals surface area contributed by atoms with Crippen LogP contribution in [-0.4, -0.2) is 26.5 Å². The van der Waals surface area contributed by atoms with Gasteiger partial charge >= 0.3 is 7.25 Å². The van der Waals surface area contributed by atoms with Crippen LogP contribution >= 0.6 is 0 Å². The molecule has 0 aliphatic heterocycles. The standard InChI is InChI=1S/C32H38BNO2/c1-24(27-10-4-3-5-11-27)34-33(35-2)36-32(22-25-16-18-28-12-6-8-14-30(28)20-25)23-26-17-19-29-13-7-9-15-31(29)21-26/h6-9,12-21,24,27,32,34H,3-5,10-11,22-23H2,1-2H3. The lowest BCUT2D eigenvalue weighted by Crippen LogP contribution is -2.49. The van der Waals surface area contributed by atoms with E-state index in [1.54, 1.807) is 7.11 Å². The SMILES string of the molecule is COB(NC(C)C1CCCCC1)OC(Cc1ccc2ccccc2c1)Cc1ccc2ccccc2c1. The van der Waals surface area contributed by atoms with Crippen LogP contribution in [0.4, 0.5) is 0 Å². The third kappa shape index (κ3) is 6.36. The first-order valence-electron chi connectivity index (χ1n) is 13.6. The van der Waals surface area contributed by atoms with Crippen molar-refractivity contribution in [1.29, 1.82) is 0 Å². The Hall–Kier alpha value is -2.66. The first-order chi connectivity index (χ1) is 17.7. The van der Waals surface area contributed by atoms with E-state index in [4.69, 9.17) is 9.31 Å². The van der Waals surface area contributed by atoms with Gasteiger partial charge in [0, 0.05) is 13.2 Å². The summed E-state index contributed by atoms with van der Waals surface area (Å²) in [6.45, 7) is 2.28. The fraction of sp³-hybridized carbons (Fsp3) is 0.375. The van der Waals surface area contributed by atoms with Crippen LogP contribution in [0.3, 0.4) is 0 Å². The molecule has 1 fully saturated rings. The smallest absolute Gasteiger partial charge is 0.400 e. The van der Waals surface area contributed by atoms with E-state index in [-0.39, 0.29) is 6.10 Å². The molecule has 0 saturated heterocycles. The summed E-state index contributed by atoms with van der Waals surface area (Å²) in [5.74, 6) is 0.694. The summed E-state index contributed by atoms with van der Waals surface area (Å²) in [7, 11) is 1.32. The maximum absolute atomic E-state index is 6.66. The van der Waals surface area contributed by atoms with Gasteiger partial charge in [-0.15, -0.1) is 0 Å². The molecule has 1 atom stereocenters. The second-order valence-corrected chi connectivity index (χ2v) is 10.5. The van der Waals surface area contributed by atoms with Gasteiger partial charge in [0.2, 0.25) is 0 Å². The Morgan fingerprint density at radius 3 is 1.81 bits per heavy atom. The Balaban J connectivity index is 1.35. The van der Waals surface area contributed by atoms with Gasteiger partial charge in [-0.1, -0.05) is 111 Å². The highest BCUT2D eigenvalue weighted by Crippen LogP contribution is 2.27. The number of hydrogen-bond acceptors (Lipinski definition) is 3. The lowest BCUT2D eigenvalue weighted by atomic mass is 9.83. The molecule has 0 heterocycles. The summed E-state index contributed by atoms with van der Waals surface area (Å²) < 4.78 is 12.5. The Morgan fingerprint density at radius 1 is 0.750 bits per heavy atom. The Morgan fingerprint density at radius 2 is 1.28 bits per heavy atom. The first kappa shape index (κ1) is 25.0. The molecule has 4 aromatic carbocycles. The lowest BCUT2D eigenvalue weighted by Gasteiger charge is -2.31. The molecule has 1 unspecified atom stereocenters. The Kier molecular flexibility index (Phi) is 8.38. The normalized spacial score (nSPS) is 15.5. The van der Waals surface area contributed by atoms with Crippen molar-refractivity contribution in [2.75, 3.05) is 7.11 Å². The van der Waals surface area contributed by atoms with Gasteiger partial charge in [0.15, 0.2) is 0 Å². The van der Waals surface area contributed by atoms with Crippen LogP contribution in [0, 0.1) is 5.92 Å². The molecule has 3 nitrogen and oxygen atoms in total. The molecule has 1 aliphatic rings. The minimum atomic E-state index is -0.423. The van der Waals surface area contributed by atoms with Gasteiger partial charge in [-0.05, 0) is 64.3 Å². The number of fused-ring (bicyclic) bond motifs is 2. The van der Waals surface area contributed by atoms with E-state index in [1.807, 2.05) is 0 Å². The Bertz CT molecular complexity index is 1190. The van der Waals surface area contributed by atoms with Crippen LogP contribution < -0.4 is 5.23 Å². The number of benzene rings is 4. The molecule has 4 heteroatoms. The molecule has 0 radical (unpaired) electrons. The van der Waals surface area contributed by atoms with Crippen molar-refractivity contribution < 1.29 is 9.31 Å². The van der Waals surface area contributed by atoms with Crippen molar-refractivity contribution in [2.45, 2.75) is 64.0 Å². The average molecular weight is 479 g/mol. The monoisotopic (exact) mass is 479 g/mol. The number of rotatable bonds is 10. The maximum Gasteiger partial charge on any atom is 0.554 e. The van der Waals surface area contributed by atoms with E-state index in [0.717, 1.165) is 12.8 Å². The van der Waals surface area contributed by atoms with Crippen molar-refractivity contribution in [3.8, 4) is 0 Å². The zero-order valence-electron chi connectivity index (χ0n) is 21.7. The highest BCUT2D eigenvalue weighted by molar-refractivity contribution is 6.41. The van der Waals surface area contributed by atoms with Crippen molar-refractivity contribution in [3.63, 3.8) is 0 Å². The second-order valence-electron chi connectivity index (χ2n) is 10.5. The number of hydrogen-bond donors (Lipinski definition) is 1. The molecular formula is C32H38BNO2. The third-order valence-corrected chi connectivity index (χ3v) is 7.84. The molecular weight excluding hydrogens is 441 g/mol. The molecule has 0 bridgehead atoms. The molecule has 1 aliphatic carbocycles. The summed E-state index contributed by atoms with van der Waals surface area (Å²) in [5, 5.41) is 8.73. The maximum atomic E-state index is 6.66. The van der Waals surface area contributed by atoms with Crippen LogP contribution in [0.25, 0.3) is 21.5 Å². The number of nitrogens with one attached hydrogen (secondary N) is 1. The molecule has 0 spiro atoms. The van der Waals surface area contributed by atoms with Crippen LogP contribution in [0.15, 0.2) is 84.9 Å². The van der Waals surface area contributed by atoms with Crippen LogP contribution in [0.2, 0.25) is 0 Å². The fourth-order valence-corrected chi connectivity index (χ4v) is 5.75. The molecule has 5 rings (SSSR count). The fourth-order valence-electron chi connectivity index (χ4n) is 5.75. The zero-order valence-corrected chi connectivity index (χ0v) is 21.7. The highest BCUT2D eigenvalue weighted by Gasteiger charge is 2.29. The van der Waals surface area contributed by atoms with E-state index >= 15 is 0 Å². The second kappa shape index (κ2) is 12.1. The lowest BCUT2D eigenvalue weighted by molar-refractivity contribution is 0.136. The summed E-state index contributed by atoms with van der Waals surface area (Å²) in [6.07, 6.45) is 8.28. The van der Waals surface area contributed by atoms with E-state index in [2.05, 4.69) is 97.1 Å². The van der Waals surface area contributed by atoms with Gasteiger partial charge in [0.25, 0.3) is 0 Å². The van der Waals surface area contributed by atoms with Gasteiger partial charge in [-0.25, -0.2) is 0 Å². The summed E-state index contributed by atoms with van der Waals surface area (Å²) in [6, 6.07) is 31.0. The average Bonchev–Trinajstić information content (AvgIpc) is 2.93. The minimum Gasteiger partial charge on any atom is -0.400 e. The summed E-state index contributed by atoms with van der Waals surface area (Å²) in [5.41, 5.74) is 2.57. The van der Waals surface area contributed by atoms with Gasteiger partial charge in [-0.2, -0.15) is 0 Å². The van der Waals surface area contributed by atoms with Crippen molar-refractivity contribution >= 4 is 28.8 Å². The van der Waals surface area contributed by atoms with Crippen LogP contribution in [0.1, 0.15) is 50.2 Å². The Labute approximate surface area is 216 Å². The topological polar surface area (TPSA) is 30.5 Å². The van der Waals surface area contributed by atoms with E-state index < -0.39 is 7.25 Å². The summed E-state index contributed by atoms with van der Waals surface area (Å²) in [4.78, 5) is 0. The van der Waals surface area contributed by atoms with Gasteiger partial charge in [-0.3, -0.25) is 0 Å². The molecule has 0 aromatic heterocycles. The van der Waals surface area contributed by atoms with Gasteiger partial charge in [0.1, 0.15) is 0 Å². The largest absolute Gasteiger partial charge is 0.554 e. The van der Waals surface area contributed by atoms with Crippen molar-refractivity contribution in [3.05, 3.63) is 96.1 Å². The highest BCUT2D eigenvalue weighted by atomic mass is 16.6. The van der Waals surface area contributed by atoms with Crippen LogP contribution in [0.5, 0.6) is 0 Å². The van der Waals surface area contributed by atoms with E-state index in [1.165, 1.54) is 64.8 Å².